The van der Waals surface area contributed by atoms with Crippen LogP contribution in [0.4, 0.5) is 0 Å². The molecule has 21 heavy (non-hydrogen) atoms. The van der Waals surface area contributed by atoms with Gasteiger partial charge in [-0.25, -0.2) is 4.98 Å². The molecule has 1 atom stereocenters. The summed E-state index contributed by atoms with van der Waals surface area (Å²) < 4.78 is 0. The average molecular weight is 322 g/mol. The molecular weight excluding hydrogens is 304 g/mol. The van der Waals surface area contributed by atoms with Gasteiger partial charge in [0.2, 0.25) is 0 Å². The number of hydrogen-bond acceptors (Lipinski definition) is 5. The first-order chi connectivity index (χ1) is 9.99. The highest BCUT2D eigenvalue weighted by Gasteiger charge is 2.33. The van der Waals surface area contributed by atoms with Gasteiger partial charge in [0.25, 0.3) is 11.8 Å². The molecule has 1 aromatic heterocycles. The van der Waals surface area contributed by atoms with E-state index in [4.69, 9.17) is 0 Å². The number of pyridine rings is 1. The zero-order chi connectivity index (χ0) is 15.4. The van der Waals surface area contributed by atoms with Crippen LogP contribution in [0.3, 0.4) is 0 Å². The number of rotatable bonds is 6. The van der Waals surface area contributed by atoms with E-state index in [1.54, 1.807) is 27.8 Å². The van der Waals surface area contributed by atoms with Crippen molar-refractivity contribution in [3.8, 4) is 0 Å². The number of nitrogens with zero attached hydrogens (tertiary/aromatic N) is 2. The number of carbonyl (C=O) groups is 2. The Hall–Kier alpha value is -1.27. The fourth-order valence-corrected chi connectivity index (χ4v) is 4.08. The van der Waals surface area contributed by atoms with Crippen LogP contribution in [0.25, 0.3) is 0 Å². The van der Waals surface area contributed by atoms with E-state index in [0.717, 1.165) is 5.03 Å². The molecule has 0 saturated heterocycles. The van der Waals surface area contributed by atoms with Gasteiger partial charge in [-0.1, -0.05) is 23.8 Å². The molecule has 112 valence electrons. The first-order valence-electron chi connectivity index (χ1n) is 6.81. The monoisotopic (exact) mass is 322 g/mol. The summed E-state index contributed by atoms with van der Waals surface area (Å²) in [6.45, 7) is 5.75. The maximum Gasteiger partial charge on any atom is 0.257 e. The highest BCUT2D eigenvalue weighted by molar-refractivity contribution is 8.76. The van der Waals surface area contributed by atoms with Crippen LogP contribution in [0.1, 0.15) is 27.2 Å². The Morgan fingerprint density at radius 1 is 1.24 bits per heavy atom. The Morgan fingerprint density at radius 2 is 2.00 bits per heavy atom. The molecule has 1 unspecified atom stereocenters. The SMILES string of the molecule is CC(CC1=CC(=O)N(C(C)C)C1=O)SSc1ccccn1. The van der Waals surface area contributed by atoms with Crippen molar-refractivity contribution in [2.75, 3.05) is 0 Å². The summed E-state index contributed by atoms with van der Waals surface area (Å²) in [6.07, 6.45) is 3.83. The molecule has 0 spiro atoms. The first-order valence-corrected chi connectivity index (χ1v) is 9.02. The van der Waals surface area contributed by atoms with Crippen molar-refractivity contribution in [3.05, 3.63) is 36.0 Å². The number of hydrogen-bond donors (Lipinski definition) is 0. The molecule has 0 saturated carbocycles. The molecule has 0 N–H and O–H groups in total. The minimum atomic E-state index is -0.195. The van der Waals surface area contributed by atoms with Crippen LogP contribution >= 0.6 is 21.6 Å². The van der Waals surface area contributed by atoms with Gasteiger partial charge >= 0.3 is 0 Å². The van der Waals surface area contributed by atoms with Crippen LogP contribution < -0.4 is 0 Å². The number of amides is 2. The Bertz CT molecular complexity index is 558. The highest BCUT2D eigenvalue weighted by atomic mass is 33.1. The summed E-state index contributed by atoms with van der Waals surface area (Å²) in [5.41, 5.74) is 0.607. The third kappa shape index (κ3) is 4.11. The van der Waals surface area contributed by atoms with Crippen molar-refractivity contribution in [2.24, 2.45) is 0 Å². The minimum Gasteiger partial charge on any atom is -0.273 e. The fraction of sp³-hybridized carbons (Fsp3) is 0.400. The quantitative estimate of drug-likeness (QED) is 0.594. The second-order valence-electron chi connectivity index (χ2n) is 5.14. The molecule has 1 aliphatic heterocycles. The molecule has 0 aliphatic carbocycles. The maximum absolute atomic E-state index is 12.2. The van der Waals surface area contributed by atoms with Crippen LogP contribution in [0.15, 0.2) is 41.1 Å². The van der Waals surface area contributed by atoms with E-state index in [2.05, 4.69) is 11.9 Å². The largest absolute Gasteiger partial charge is 0.273 e. The van der Waals surface area contributed by atoms with Gasteiger partial charge in [0.1, 0.15) is 5.03 Å². The lowest BCUT2D eigenvalue weighted by Crippen LogP contribution is -2.37. The van der Waals surface area contributed by atoms with Crippen LogP contribution in [0.5, 0.6) is 0 Å². The summed E-state index contributed by atoms with van der Waals surface area (Å²) in [4.78, 5) is 29.5. The van der Waals surface area contributed by atoms with Gasteiger partial charge in [0, 0.05) is 29.1 Å². The molecule has 1 aromatic rings. The maximum atomic E-state index is 12.2. The Morgan fingerprint density at radius 3 is 2.57 bits per heavy atom. The predicted octanol–water partition coefficient (Wildman–Crippen LogP) is 3.30. The van der Waals surface area contributed by atoms with Crippen molar-refractivity contribution < 1.29 is 9.59 Å². The van der Waals surface area contributed by atoms with Gasteiger partial charge in [-0.15, -0.1) is 0 Å². The Balaban J connectivity index is 1.89. The second-order valence-corrected chi connectivity index (χ2v) is 7.80. The number of imide groups is 1. The Kier molecular flexibility index (Phi) is 5.47. The molecule has 0 aromatic carbocycles. The van der Waals surface area contributed by atoms with Gasteiger partial charge in [0.05, 0.1) is 0 Å². The van der Waals surface area contributed by atoms with Crippen molar-refractivity contribution in [3.63, 3.8) is 0 Å². The number of aromatic nitrogens is 1. The third-order valence-electron chi connectivity index (χ3n) is 2.99. The van der Waals surface area contributed by atoms with Gasteiger partial charge in [-0.2, -0.15) is 0 Å². The van der Waals surface area contributed by atoms with E-state index in [1.165, 1.54) is 11.0 Å². The third-order valence-corrected chi connectivity index (χ3v) is 5.78. The normalized spacial score (nSPS) is 16.6. The van der Waals surface area contributed by atoms with E-state index in [9.17, 15) is 9.59 Å². The zero-order valence-electron chi connectivity index (χ0n) is 12.3. The zero-order valence-corrected chi connectivity index (χ0v) is 13.9. The van der Waals surface area contributed by atoms with Crippen LogP contribution in [0.2, 0.25) is 0 Å². The van der Waals surface area contributed by atoms with E-state index in [1.807, 2.05) is 32.0 Å². The second kappa shape index (κ2) is 7.13. The molecular formula is C15H18N2O2S2. The fourth-order valence-electron chi connectivity index (χ4n) is 2.04. The highest BCUT2D eigenvalue weighted by Crippen LogP contribution is 2.36. The van der Waals surface area contributed by atoms with Crippen molar-refractivity contribution in [1.82, 2.24) is 9.88 Å². The van der Waals surface area contributed by atoms with Crippen LogP contribution in [0, 0.1) is 0 Å². The average Bonchev–Trinajstić information content (AvgIpc) is 2.72. The van der Waals surface area contributed by atoms with Gasteiger partial charge in [-0.05, 0) is 43.2 Å². The molecule has 6 heteroatoms. The summed E-state index contributed by atoms with van der Waals surface area (Å²) in [5, 5.41) is 1.17. The molecule has 2 heterocycles. The smallest absolute Gasteiger partial charge is 0.257 e. The summed E-state index contributed by atoms with van der Waals surface area (Å²) in [7, 11) is 3.25. The molecule has 2 rings (SSSR count). The lowest BCUT2D eigenvalue weighted by Gasteiger charge is -2.19. The molecule has 2 amide bonds. The minimum absolute atomic E-state index is 0.0930. The lowest BCUT2D eigenvalue weighted by atomic mass is 10.1. The van der Waals surface area contributed by atoms with E-state index >= 15 is 0 Å². The van der Waals surface area contributed by atoms with Crippen molar-refractivity contribution in [2.45, 2.75) is 43.5 Å². The van der Waals surface area contributed by atoms with E-state index in [0.29, 0.717) is 12.0 Å². The van der Waals surface area contributed by atoms with E-state index in [-0.39, 0.29) is 23.1 Å². The van der Waals surface area contributed by atoms with Gasteiger partial charge < -0.3 is 0 Å². The van der Waals surface area contributed by atoms with E-state index < -0.39 is 0 Å². The summed E-state index contributed by atoms with van der Waals surface area (Å²) in [6, 6.07) is 5.69. The van der Waals surface area contributed by atoms with Crippen LogP contribution in [-0.2, 0) is 9.59 Å². The molecule has 0 radical (unpaired) electrons. The van der Waals surface area contributed by atoms with Gasteiger partial charge in [0.15, 0.2) is 0 Å². The predicted molar refractivity (Wildman–Crippen MR) is 86.8 cm³/mol. The Labute approximate surface area is 132 Å². The summed E-state index contributed by atoms with van der Waals surface area (Å²) >= 11 is 0. The summed E-state index contributed by atoms with van der Waals surface area (Å²) in [5.74, 6) is -0.343. The molecule has 1 aliphatic rings. The number of carbonyl (C=O) groups excluding carboxylic acids is 2. The topological polar surface area (TPSA) is 50.3 Å². The molecule has 0 fully saturated rings. The standard InChI is InChI=1S/C15H18N2O2S2/c1-10(2)17-14(18)9-12(15(17)19)8-11(3)20-21-13-6-4-5-7-16-13/h4-7,9-11H,8H2,1-3H3. The first kappa shape index (κ1) is 16.1. The van der Waals surface area contributed by atoms with Crippen molar-refractivity contribution in [1.29, 1.82) is 0 Å². The van der Waals surface area contributed by atoms with Gasteiger partial charge in [-0.3, -0.25) is 14.5 Å². The van der Waals surface area contributed by atoms with Crippen LogP contribution in [-0.4, -0.2) is 33.0 Å². The van der Waals surface area contributed by atoms with Crippen molar-refractivity contribution >= 4 is 33.4 Å². The lowest BCUT2D eigenvalue weighted by molar-refractivity contribution is -0.139. The molecule has 0 bridgehead atoms. The molecule has 4 nitrogen and oxygen atoms in total.